The predicted molar refractivity (Wildman–Crippen MR) is 92.5 cm³/mol. The second-order valence-electron chi connectivity index (χ2n) is 9.88. The van der Waals surface area contributed by atoms with Gasteiger partial charge in [-0.1, -0.05) is 0 Å². The van der Waals surface area contributed by atoms with Crippen LogP contribution in [-0.2, 0) is 18.9 Å². The Morgan fingerprint density at radius 2 is 1.35 bits per heavy atom. The zero-order chi connectivity index (χ0) is 28.5. The molecule has 0 radical (unpaired) electrons. The summed E-state index contributed by atoms with van der Waals surface area (Å²) in [5.74, 6) is -27.2. The molecule has 4 aliphatic rings. The highest BCUT2D eigenvalue weighted by Crippen LogP contribution is 2.64. The van der Waals surface area contributed by atoms with E-state index in [1.165, 1.54) is 0 Å². The van der Waals surface area contributed by atoms with Crippen LogP contribution in [0.15, 0.2) is 0 Å². The third-order valence-electron chi connectivity index (χ3n) is 7.12. The van der Waals surface area contributed by atoms with Gasteiger partial charge in [0.1, 0.15) is 0 Å². The van der Waals surface area contributed by atoms with E-state index in [4.69, 9.17) is 0 Å². The summed E-state index contributed by atoms with van der Waals surface area (Å²) in [5.41, 5.74) is -2.64. The van der Waals surface area contributed by atoms with Gasteiger partial charge in [0.05, 0.1) is 24.3 Å². The number of ether oxygens (including phenoxy) is 1. The highest BCUT2D eigenvalue weighted by atomic mass is 32.2. The number of esters is 1. The Balaban J connectivity index is 2.03. The van der Waals surface area contributed by atoms with Crippen molar-refractivity contribution < 1.29 is 82.0 Å². The summed E-state index contributed by atoms with van der Waals surface area (Å²) < 4.78 is 164. The normalized spacial score (nSPS) is 32.4. The maximum absolute atomic E-state index is 14.7. The maximum Gasteiger partial charge on any atom is 0.460 e. The van der Waals surface area contributed by atoms with E-state index in [1.807, 2.05) is 0 Å². The summed E-state index contributed by atoms with van der Waals surface area (Å²) >= 11 is -2.25. The number of carbonyl (C=O) groups excluding carboxylic acids is 1. The van der Waals surface area contributed by atoms with Crippen molar-refractivity contribution in [2.45, 2.75) is 79.0 Å². The van der Waals surface area contributed by atoms with Crippen molar-refractivity contribution in [2.24, 2.45) is 17.3 Å². The topological polar surface area (TPSA) is 88.1 Å². The van der Waals surface area contributed by atoms with Crippen LogP contribution in [0.3, 0.4) is 0 Å². The van der Waals surface area contributed by atoms with Gasteiger partial charge in [-0.3, -0.25) is 5.04 Å². The van der Waals surface area contributed by atoms with Crippen LogP contribution < -0.4 is 5.26 Å². The minimum atomic E-state index is -7.93. The molecule has 0 heterocycles. The van der Waals surface area contributed by atoms with Crippen LogP contribution in [0.1, 0.15) is 38.5 Å². The molecule has 0 aromatic rings. The highest BCUT2D eigenvalue weighted by molar-refractivity contribution is 7.97. The van der Waals surface area contributed by atoms with Crippen molar-refractivity contribution in [1.29, 1.82) is 0 Å². The number of hydrogen-bond donors (Lipinski definition) is 1. The number of halogens is 12. The van der Waals surface area contributed by atoms with Gasteiger partial charge < -0.3 is 15.1 Å². The van der Waals surface area contributed by atoms with Gasteiger partial charge in [-0.15, -0.1) is 0 Å². The first-order valence-electron chi connectivity index (χ1n) is 10.3. The molecule has 4 fully saturated rings. The molecule has 0 saturated heterocycles. The number of alkyl halides is 12. The first-order chi connectivity index (χ1) is 16.5. The van der Waals surface area contributed by atoms with Gasteiger partial charge in [-0.2, -0.15) is 57.0 Å². The lowest BCUT2D eigenvalue weighted by atomic mass is 9.48. The third-order valence-corrected chi connectivity index (χ3v) is 8.15. The van der Waals surface area contributed by atoms with Crippen molar-refractivity contribution in [2.75, 3.05) is 6.61 Å². The second-order valence-corrected chi connectivity index (χ2v) is 10.8. The third kappa shape index (κ3) is 4.55. The smallest absolute Gasteiger partial charge is 0.460 e. The number of hydrogen-bond acceptors (Lipinski definition) is 7. The first kappa shape index (κ1) is 30.4. The van der Waals surface area contributed by atoms with Crippen LogP contribution in [-0.4, -0.2) is 58.2 Å². The zero-order valence-electron chi connectivity index (χ0n) is 18.0. The molecule has 4 bridgehead atoms. The summed E-state index contributed by atoms with van der Waals surface area (Å²) in [6, 6.07) is 0. The molecule has 19 heteroatoms. The van der Waals surface area contributed by atoms with Gasteiger partial charge in [-0.25, -0.2) is 4.79 Å². The Bertz CT molecular complexity index is 879. The summed E-state index contributed by atoms with van der Waals surface area (Å²) in [6.45, 7) is -1.20. The lowest BCUT2D eigenvalue weighted by Gasteiger charge is -2.60. The van der Waals surface area contributed by atoms with Crippen LogP contribution in [0.25, 0.3) is 0 Å². The Morgan fingerprint density at radius 1 is 0.838 bits per heavy atom. The molecule has 3 unspecified atom stereocenters. The van der Waals surface area contributed by atoms with Crippen molar-refractivity contribution in [3.63, 3.8) is 0 Å². The fraction of sp³-hybridized carbons (Fsp3) is 0.944. The van der Waals surface area contributed by atoms with E-state index in [1.54, 1.807) is 0 Å². The van der Waals surface area contributed by atoms with E-state index >= 15 is 0 Å². The molecule has 0 aromatic carbocycles. The van der Waals surface area contributed by atoms with Gasteiger partial charge in [0.15, 0.2) is 0 Å². The highest BCUT2D eigenvalue weighted by Gasteiger charge is 2.92. The average molecular weight is 589 g/mol. The molecule has 6 nitrogen and oxygen atoms in total. The van der Waals surface area contributed by atoms with E-state index in [2.05, 4.69) is 14.1 Å². The molecule has 37 heavy (non-hydrogen) atoms. The maximum atomic E-state index is 14.7. The van der Waals surface area contributed by atoms with Crippen LogP contribution in [0.2, 0.25) is 0 Å². The van der Waals surface area contributed by atoms with Gasteiger partial charge in [-0.05, 0) is 50.4 Å². The Hall–Kier alpha value is -1.18. The van der Waals surface area contributed by atoms with Crippen molar-refractivity contribution in [3.8, 4) is 0 Å². The second kappa shape index (κ2) is 8.92. The van der Waals surface area contributed by atoms with Crippen LogP contribution in [0.4, 0.5) is 52.7 Å². The van der Waals surface area contributed by atoms with Gasteiger partial charge >= 0.3 is 40.8 Å². The Labute approximate surface area is 203 Å². The van der Waals surface area contributed by atoms with E-state index in [9.17, 15) is 67.8 Å². The molecular weight excluding hydrogens is 572 g/mol. The minimum Gasteiger partial charge on any atom is -0.691 e. The Kier molecular flexibility index (Phi) is 7.32. The predicted octanol–water partition coefficient (Wildman–Crippen LogP) is 4.50. The molecule has 1 N–H and O–H groups in total. The number of rotatable bonds is 9. The molecule has 4 aliphatic carbocycles. The van der Waals surface area contributed by atoms with Crippen molar-refractivity contribution in [1.82, 2.24) is 0 Å². The van der Waals surface area contributed by atoms with Gasteiger partial charge in [0.25, 0.3) is 0 Å². The molecular formula is C18H17F12O6S-. The van der Waals surface area contributed by atoms with Crippen molar-refractivity contribution in [3.05, 3.63) is 0 Å². The van der Waals surface area contributed by atoms with Crippen LogP contribution >= 0.6 is 12.0 Å². The summed E-state index contributed by atoms with van der Waals surface area (Å²) in [6.07, 6.45) is -13.4. The monoisotopic (exact) mass is 589 g/mol. The number of aliphatic hydroxyl groups is 1. The first-order valence-corrected chi connectivity index (χ1v) is 11.1. The van der Waals surface area contributed by atoms with E-state index < -0.39 is 70.5 Å². The minimum absolute atomic E-state index is 0.115. The quantitative estimate of drug-likeness (QED) is 0.139. The fourth-order valence-electron chi connectivity index (χ4n) is 6.11. The number of carbonyl (C=O) groups is 1. The largest absolute Gasteiger partial charge is 0.691 e. The summed E-state index contributed by atoms with van der Waals surface area (Å²) in [5, 5.41) is 23.0. The fourth-order valence-corrected chi connectivity index (χ4v) is 6.69. The lowest BCUT2D eigenvalue weighted by Crippen LogP contribution is -2.74. The SMILES string of the molecule is O=C(OCC12CC3CC(CC(O)(C3)C1)C2)C(SOO[O-])(C(F)(F)F)C(F)(F)C(F)(F)C(F)(F)C(F)(F)F. The Morgan fingerprint density at radius 3 is 1.76 bits per heavy atom. The lowest BCUT2D eigenvalue weighted by molar-refractivity contribution is -0.777. The molecule has 0 aliphatic heterocycles. The van der Waals surface area contributed by atoms with Crippen LogP contribution in [0.5, 0.6) is 0 Å². The zero-order valence-corrected chi connectivity index (χ0v) is 18.9. The van der Waals surface area contributed by atoms with Crippen LogP contribution in [0, 0.1) is 17.3 Å². The molecule has 0 amide bonds. The molecule has 216 valence electrons. The van der Waals surface area contributed by atoms with Gasteiger partial charge in [0.2, 0.25) is 0 Å². The average Bonchev–Trinajstić information content (AvgIpc) is 2.68. The van der Waals surface area contributed by atoms with E-state index in [0.717, 1.165) is 0 Å². The molecule has 0 spiro atoms. The molecule has 3 atom stereocenters. The molecule has 0 aromatic heterocycles. The molecule has 4 saturated carbocycles. The van der Waals surface area contributed by atoms with Gasteiger partial charge in [0, 0.05) is 5.41 Å². The molecule has 4 rings (SSSR count). The van der Waals surface area contributed by atoms with Crippen molar-refractivity contribution >= 4 is 18.0 Å². The van der Waals surface area contributed by atoms with E-state index in [-0.39, 0.29) is 43.9 Å². The summed E-state index contributed by atoms with van der Waals surface area (Å²) in [7, 11) is 0. The standard InChI is InChI=1S/C18H18F12O6S/c19-14(20,15(21,22)16(23,24)18(28,29)30)13(17(25,26)27,37-36-35-33)10(31)34-7-11-2-8-1-9(3-11)5-12(32,4-8)6-11/h8-9,32-33H,1-7H2/p-1. The summed E-state index contributed by atoms with van der Waals surface area (Å²) in [4.78, 5) is 12.5. The van der Waals surface area contributed by atoms with E-state index in [0.29, 0.717) is 6.42 Å².